The maximum atomic E-state index is 5.88. The predicted molar refractivity (Wildman–Crippen MR) is 65.8 cm³/mol. The molecule has 0 bridgehead atoms. The number of hydrogen-bond donors (Lipinski definition) is 2. The molecule has 84 valence electrons. The average molecular weight is 249 g/mol. The van der Waals surface area contributed by atoms with Crippen LogP contribution < -0.4 is 11.1 Å². The lowest BCUT2D eigenvalue weighted by Crippen LogP contribution is -2.18. The molecule has 1 rings (SSSR count). The number of anilines is 2. The summed E-state index contributed by atoms with van der Waals surface area (Å²) in [5.41, 5.74) is 7.12. The van der Waals surface area contributed by atoms with E-state index in [4.69, 9.17) is 33.7 Å². The summed E-state index contributed by atoms with van der Waals surface area (Å²) in [5.74, 6) is 0. The van der Waals surface area contributed by atoms with Crippen LogP contribution in [0, 0.1) is 0 Å². The maximum absolute atomic E-state index is 5.88. The lowest BCUT2D eigenvalue weighted by molar-refractivity contribution is 0.129. The first kappa shape index (κ1) is 12.4. The Balaban J connectivity index is 2.73. The molecule has 1 unspecified atom stereocenters. The summed E-state index contributed by atoms with van der Waals surface area (Å²) in [7, 11) is 1.66. The SMILES string of the molecule is COC(C)CNc1cc(Cl)c(Cl)cc1N. The highest BCUT2D eigenvalue weighted by molar-refractivity contribution is 6.42. The van der Waals surface area contributed by atoms with Gasteiger partial charge in [-0.05, 0) is 19.1 Å². The van der Waals surface area contributed by atoms with E-state index in [9.17, 15) is 0 Å². The molecule has 0 aromatic heterocycles. The molecule has 0 fully saturated rings. The van der Waals surface area contributed by atoms with Crippen LogP contribution in [0.15, 0.2) is 12.1 Å². The van der Waals surface area contributed by atoms with Gasteiger partial charge in [0.1, 0.15) is 0 Å². The molecule has 5 heteroatoms. The van der Waals surface area contributed by atoms with Crippen molar-refractivity contribution in [2.75, 3.05) is 24.7 Å². The normalized spacial score (nSPS) is 12.5. The van der Waals surface area contributed by atoms with E-state index < -0.39 is 0 Å². The van der Waals surface area contributed by atoms with Gasteiger partial charge in [0.15, 0.2) is 0 Å². The summed E-state index contributed by atoms with van der Waals surface area (Å²) in [5, 5.41) is 4.08. The number of hydrogen-bond acceptors (Lipinski definition) is 3. The fourth-order valence-electron chi connectivity index (χ4n) is 1.05. The van der Waals surface area contributed by atoms with Crippen LogP contribution in [0.1, 0.15) is 6.92 Å². The number of benzene rings is 1. The molecule has 0 radical (unpaired) electrons. The van der Waals surface area contributed by atoms with Crippen molar-refractivity contribution in [3.05, 3.63) is 22.2 Å². The number of ether oxygens (including phenoxy) is 1. The van der Waals surface area contributed by atoms with Gasteiger partial charge in [-0.2, -0.15) is 0 Å². The fourth-order valence-corrected chi connectivity index (χ4v) is 1.39. The first-order valence-corrected chi connectivity index (χ1v) is 5.31. The van der Waals surface area contributed by atoms with Gasteiger partial charge in [0, 0.05) is 13.7 Å². The maximum Gasteiger partial charge on any atom is 0.0715 e. The lowest BCUT2D eigenvalue weighted by atomic mass is 10.2. The van der Waals surface area contributed by atoms with Crippen molar-refractivity contribution in [3.8, 4) is 0 Å². The predicted octanol–water partition coefficient (Wildman–Crippen LogP) is 3.02. The molecule has 3 N–H and O–H groups in total. The van der Waals surface area contributed by atoms with Crippen LogP contribution in [-0.2, 0) is 4.74 Å². The van der Waals surface area contributed by atoms with E-state index in [1.165, 1.54) is 0 Å². The molecular weight excluding hydrogens is 235 g/mol. The van der Waals surface area contributed by atoms with Crippen molar-refractivity contribution in [1.82, 2.24) is 0 Å². The van der Waals surface area contributed by atoms with Crippen molar-refractivity contribution in [1.29, 1.82) is 0 Å². The molecule has 1 aromatic rings. The zero-order valence-corrected chi connectivity index (χ0v) is 10.2. The quantitative estimate of drug-likeness (QED) is 0.806. The second-order valence-electron chi connectivity index (χ2n) is 3.28. The van der Waals surface area contributed by atoms with E-state index in [-0.39, 0.29) is 6.10 Å². The molecule has 0 saturated heterocycles. The van der Waals surface area contributed by atoms with Gasteiger partial charge in [0.2, 0.25) is 0 Å². The van der Waals surface area contributed by atoms with Crippen molar-refractivity contribution in [2.24, 2.45) is 0 Å². The van der Waals surface area contributed by atoms with Crippen LogP contribution in [-0.4, -0.2) is 19.8 Å². The topological polar surface area (TPSA) is 47.3 Å². The third kappa shape index (κ3) is 3.45. The summed E-state index contributed by atoms with van der Waals surface area (Å²) in [6.07, 6.45) is 0.110. The zero-order chi connectivity index (χ0) is 11.4. The van der Waals surface area contributed by atoms with E-state index in [1.807, 2.05) is 6.92 Å². The van der Waals surface area contributed by atoms with Gasteiger partial charge >= 0.3 is 0 Å². The number of nitrogens with two attached hydrogens (primary N) is 1. The van der Waals surface area contributed by atoms with E-state index in [0.29, 0.717) is 22.3 Å². The number of halogens is 2. The highest BCUT2D eigenvalue weighted by Gasteiger charge is 2.06. The zero-order valence-electron chi connectivity index (χ0n) is 8.68. The summed E-state index contributed by atoms with van der Waals surface area (Å²) in [6.45, 7) is 2.62. The van der Waals surface area contributed by atoms with Crippen molar-refractivity contribution < 1.29 is 4.74 Å². The standard InChI is InChI=1S/C10H14Cl2N2O/c1-6(15-2)5-14-10-4-8(12)7(11)3-9(10)13/h3-4,6,14H,5,13H2,1-2H3. The van der Waals surface area contributed by atoms with Crippen molar-refractivity contribution in [2.45, 2.75) is 13.0 Å². The molecule has 0 heterocycles. The number of rotatable bonds is 4. The van der Waals surface area contributed by atoms with E-state index in [1.54, 1.807) is 19.2 Å². The molecule has 0 aliphatic carbocycles. The minimum absolute atomic E-state index is 0.110. The average Bonchev–Trinajstić information content (AvgIpc) is 2.21. The minimum Gasteiger partial charge on any atom is -0.397 e. The van der Waals surface area contributed by atoms with Crippen LogP contribution in [0.3, 0.4) is 0 Å². The van der Waals surface area contributed by atoms with Gasteiger partial charge in [-0.25, -0.2) is 0 Å². The third-order valence-electron chi connectivity index (χ3n) is 2.07. The van der Waals surface area contributed by atoms with E-state index in [0.717, 1.165) is 5.69 Å². The van der Waals surface area contributed by atoms with Gasteiger partial charge < -0.3 is 15.8 Å². The third-order valence-corrected chi connectivity index (χ3v) is 2.80. The Morgan fingerprint density at radius 3 is 2.60 bits per heavy atom. The van der Waals surface area contributed by atoms with Gasteiger partial charge in [0.05, 0.1) is 27.5 Å². The molecule has 1 aromatic carbocycles. The Morgan fingerprint density at radius 2 is 2.00 bits per heavy atom. The smallest absolute Gasteiger partial charge is 0.0715 e. The summed E-state index contributed by atoms with van der Waals surface area (Å²) in [4.78, 5) is 0. The van der Waals surface area contributed by atoms with Crippen molar-refractivity contribution >= 4 is 34.6 Å². The number of nitrogens with one attached hydrogen (secondary N) is 1. The Bertz CT molecular complexity index is 344. The Hall–Kier alpha value is -0.640. The van der Waals surface area contributed by atoms with Crippen molar-refractivity contribution in [3.63, 3.8) is 0 Å². The second-order valence-corrected chi connectivity index (χ2v) is 4.10. The second kappa shape index (κ2) is 5.45. The Labute approximate surface area is 99.5 Å². The molecule has 3 nitrogen and oxygen atoms in total. The van der Waals surface area contributed by atoms with Crippen LogP contribution in [0.5, 0.6) is 0 Å². The van der Waals surface area contributed by atoms with Gasteiger partial charge in [-0.15, -0.1) is 0 Å². The highest BCUT2D eigenvalue weighted by atomic mass is 35.5. The molecule has 0 saturated carbocycles. The lowest BCUT2D eigenvalue weighted by Gasteiger charge is -2.14. The summed E-state index contributed by atoms with van der Waals surface area (Å²) < 4.78 is 5.10. The van der Waals surface area contributed by atoms with Crippen LogP contribution in [0.25, 0.3) is 0 Å². The molecule has 0 aliphatic heterocycles. The summed E-state index contributed by atoms with van der Waals surface area (Å²) in [6, 6.07) is 3.34. The molecule has 0 aliphatic rings. The highest BCUT2D eigenvalue weighted by Crippen LogP contribution is 2.30. The molecular formula is C10H14Cl2N2O. The van der Waals surface area contributed by atoms with Gasteiger partial charge in [0.25, 0.3) is 0 Å². The summed E-state index contributed by atoms with van der Waals surface area (Å²) >= 11 is 11.7. The first-order chi connectivity index (χ1) is 7.04. The first-order valence-electron chi connectivity index (χ1n) is 4.55. The van der Waals surface area contributed by atoms with Gasteiger partial charge in [-0.1, -0.05) is 23.2 Å². The molecule has 1 atom stereocenters. The van der Waals surface area contributed by atoms with E-state index in [2.05, 4.69) is 5.32 Å². The fraction of sp³-hybridized carbons (Fsp3) is 0.400. The van der Waals surface area contributed by atoms with Crippen LogP contribution in [0.4, 0.5) is 11.4 Å². The Morgan fingerprint density at radius 1 is 1.40 bits per heavy atom. The number of methoxy groups -OCH3 is 1. The Kier molecular flexibility index (Phi) is 4.51. The molecule has 0 amide bonds. The molecule has 0 spiro atoms. The van der Waals surface area contributed by atoms with Gasteiger partial charge in [-0.3, -0.25) is 0 Å². The number of nitrogen functional groups attached to an aromatic ring is 1. The van der Waals surface area contributed by atoms with E-state index >= 15 is 0 Å². The minimum atomic E-state index is 0.110. The van der Waals surface area contributed by atoms with Crippen LogP contribution >= 0.6 is 23.2 Å². The van der Waals surface area contributed by atoms with Crippen LogP contribution in [0.2, 0.25) is 10.0 Å². The molecule has 15 heavy (non-hydrogen) atoms. The monoisotopic (exact) mass is 248 g/mol. The largest absolute Gasteiger partial charge is 0.397 e.